The van der Waals surface area contributed by atoms with E-state index in [4.69, 9.17) is 9.47 Å². The van der Waals surface area contributed by atoms with Crippen molar-refractivity contribution in [3.8, 4) is 0 Å². The number of hydrogen-bond donors (Lipinski definition) is 0. The molecule has 8 heavy (non-hydrogen) atoms. The Labute approximate surface area is 57.3 Å². The lowest BCUT2D eigenvalue weighted by Gasteiger charge is -2.01. The molecule has 2 atom stereocenters. The highest BCUT2D eigenvalue weighted by Gasteiger charge is 2.20. The van der Waals surface area contributed by atoms with Crippen LogP contribution in [0.15, 0.2) is 0 Å². The normalized spacial score (nSPS) is 38.2. The predicted molar refractivity (Wildman–Crippen MR) is 34.1 cm³/mol. The first kappa shape index (κ1) is 6.52. The lowest BCUT2D eigenvalue weighted by atomic mass is 10.5. The van der Waals surface area contributed by atoms with Gasteiger partial charge in [-0.25, -0.2) is 0 Å². The molecule has 1 rings (SSSR count). The van der Waals surface area contributed by atoms with Crippen LogP contribution in [-0.4, -0.2) is 24.3 Å². The van der Waals surface area contributed by atoms with E-state index in [9.17, 15) is 0 Å². The molecule has 0 radical (unpaired) electrons. The van der Waals surface area contributed by atoms with Crippen LogP contribution in [0.25, 0.3) is 0 Å². The third-order valence-corrected chi connectivity index (χ3v) is 1.80. The van der Waals surface area contributed by atoms with E-state index in [0.29, 0.717) is 0 Å². The van der Waals surface area contributed by atoms with Gasteiger partial charge in [0.2, 0.25) is 0 Å². The second kappa shape index (κ2) is 2.80. The van der Waals surface area contributed by atoms with Crippen molar-refractivity contribution < 1.29 is 9.47 Å². The molecule has 1 aliphatic heterocycles. The Morgan fingerprint density at radius 3 is 2.75 bits per heavy atom. The van der Waals surface area contributed by atoms with E-state index >= 15 is 0 Å². The summed E-state index contributed by atoms with van der Waals surface area (Å²) in [4.78, 5) is 0. The van der Waals surface area contributed by atoms with Gasteiger partial charge in [0.05, 0.1) is 12.7 Å². The summed E-state index contributed by atoms with van der Waals surface area (Å²) in [7, 11) is 0. The molecule has 0 aromatic heterocycles. The Balaban J connectivity index is 2.22. The number of alkyl halides is 1. The van der Waals surface area contributed by atoms with Crippen LogP contribution in [0.5, 0.6) is 0 Å². The average molecular weight is 181 g/mol. The van der Waals surface area contributed by atoms with Crippen LogP contribution in [0, 0.1) is 0 Å². The summed E-state index contributed by atoms with van der Waals surface area (Å²) < 4.78 is 10.3. The van der Waals surface area contributed by atoms with Gasteiger partial charge in [-0.05, 0) is 6.92 Å². The van der Waals surface area contributed by atoms with Gasteiger partial charge < -0.3 is 9.47 Å². The number of halogens is 1. The van der Waals surface area contributed by atoms with Gasteiger partial charge in [-0.2, -0.15) is 0 Å². The molecule has 1 aliphatic rings. The van der Waals surface area contributed by atoms with Gasteiger partial charge in [0.15, 0.2) is 6.29 Å². The number of rotatable bonds is 1. The SMILES string of the molecule is C[C@H]1OC[C@H](CBr)O1. The van der Waals surface area contributed by atoms with Gasteiger partial charge in [0.25, 0.3) is 0 Å². The van der Waals surface area contributed by atoms with Crippen LogP contribution in [-0.2, 0) is 9.47 Å². The number of ether oxygens (including phenoxy) is 2. The van der Waals surface area contributed by atoms with Crippen molar-refractivity contribution in [2.45, 2.75) is 19.3 Å². The lowest BCUT2D eigenvalue weighted by Crippen LogP contribution is -2.11. The summed E-state index contributed by atoms with van der Waals surface area (Å²) in [5.41, 5.74) is 0. The lowest BCUT2D eigenvalue weighted by molar-refractivity contribution is -0.0380. The molecule has 1 saturated heterocycles. The molecule has 48 valence electrons. The molecule has 0 spiro atoms. The molecule has 0 N–H and O–H groups in total. The average Bonchev–Trinajstić information content (AvgIpc) is 2.14. The minimum atomic E-state index is -0.00227. The molecule has 0 saturated carbocycles. The van der Waals surface area contributed by atoms with E-state index in [1.165, 1.54) is 0 Å². The topological polar surface area (TPSA) is 18.5 Å². The van der Waals surface area contributed by atoms with Gasteiger partial charge in [-0.1, -0.05) is 15.9 Å². The minimum Gasteiger partial charge on any atom is -0.350 e. The van der Waals surface area contributed by atoms with Gasteiger partial charge in [-0.3, -0.25) is 0 Å². The molecule has 3 heteroatoms. The summed E-state index contributed by atoms with van der Waals surface area (Å²) in [5, 5.41) is 0.872. The zero-order valence-corrected chi connectivity index (χ0v) is 6.35. The Morgan fingerprint density at radius 1 is 1.75 bits per heavy atom. The van der Waals surface area contributed by atoms with Crippen molar-refractivity contribution in [2.24, 2.45) is 0 Å². The van der Waals surface area contributed by atoms with Gasteiger partial charge in [-0.15, -0.1) is 0 Å². The molecule has 0 amide bonds. The van der Waals surface area contributed by atoms with Crippen LogP contribution in [0.3, 0.4) is 0 Å². The van der Waals surface area contributed by atoms with E-state index < -0.39 is 0 Å². The van der Waals surface area contributed by atoms with E-state index in [1.807, 2.05) is 6.92 Å². The third kappa shape index (κ3) is 1.44. The zero-order chi connectivity index (χ0) is 5.98. The second-order valence-electron chi connectivity index (χ2n) is 1.81. The predicted octanol–water partition coefficient (Wildman–Crippen LogP) is 1.14. The Kier molecular flexibility index (Phi) is 2.28. The van der Waals surface area contributed by atoms with Crippen LogP contribution in [0.2, 0.25) is 0 Å². The van der Waals surface area contributed by atoms with Crippen molar-refractivity contribution in [1.82, 2.24) is 0 Å². The first-order valence-electron chi connectivity index (χ1n) is 2.66. The van der Waals surface area contributed by atoms with Gasteiger partial charge >= 0.3 is 0 Å². The minimum absolute atomic E-state index is 0.00227. The first-order chi connectivity index (χ1) is 3.83. The van der Waals surface area contributed by atoms with Gasteiger partial charge in [0.1, 0.15) is 0 Å². The summed E-state index contributed by atoms with van der Waals surface area (Å²) in [6.45, 7) is 2.63. The van der Waals surface area contributed by atoms with Crippen molar-refractivity contribution in [3.05, 3.63) is 0 Å². The van der Waals surface area contributed by atoms with Crippen LogP contribution in [0.4, 0.5) is 0 Å². The van der Waals surface area contributed by atoms with E-state index in [-0.39, 0.29) is 12.4 Å². The molecule has 0 aromatic rings. The Hall–Kier alpha value is 0.400. The number of hydrogen-bond acceptors (Lipinski definition) is 2. The summed E-state index contributed by atoms with van der Waals surface area (Å²) >= 11 is 3.30. The van der Waals surface area contributed by atoms with Crippen LogP contribution in [0.1, 0.15) is 6.92 Å². The molecule has 1 fully saturated rings. The van der Waals surface area contributed by atoms with Gasteiger partial charge in [0, 0.05) is 5.33 Å². The van der Waals surface area contributed by atoms with Crippen molar-refractivity contribution in [3.63, 3.8) is 0 Å². The monoisotopic (exact) mass is 180 g/mol. The largest absolute Gasteiger partial charge is 0.350 e. The summed E-state index contributed by atoms with van der Waals surface area (Å²) in [5.74, 6) is 0. The van der Waals surface area contributed by atoms with E-state index in [2.05, 4.69) is 15.9 Å². The highest BCUT2D eigenvalue weighted by atomic mass is 79.9. The fraction of sp³-hybridized carbons (Fsp3) is 1.00. The fourth-order valence-corrected chi connectivity index (χ4v) is 1.01. The van der Waals surface area contributed by atoms with Crippen molar-refractivity contribution in [2.75, 3.05) is 11.9 Å². The van der Waals surface area contributed by atoms with E-state index in [0.717, 1.165) is 11.9 Å². The molecule has 2 nitrogen and oxygen atoms in total. The maximum Gasteiger partial charge on any atom is 0.155 e. The van der Waals surface area contributed by atoms with Crippen LogP contribution >= 0.6 is 15.9 Å². The zero-order valence-electron chi connectivity index (χ0n) is 4.76. The highest BCUT2D eigenvalue weighted by molar-refractivity contribution is 9.09. The molecule has 0 aliphatic carbocycles. The van der Waals surface area contributed by atoms with E-state index in [1.54, 1.807) is 0 Å². The molecule has 1 heterocycles. The smallest absolute Gasteiger partial charge is 0.155 e. The summed E-state index contributed by atoms with van der Waals surface area (Å²) in [6, 6.07) is 0. The molecule has 0 unspecified atom stereocenters. The molecular formula is C5H9BrO2. The molecule has 0 bridgehead atoms. The fourth-order valence-electron chi connectivity index (χ4n) is 0.673. The Morgan fingerprint density at radius 2 is 2.50 bits per heavy atom. The quantitative estimate of drug-likeness (QED) is 0.564. The first-order valence-corrected chi connectivity index (χ1v) is 3.78. The summed E-state index contributed by atoms with van der Waals surface area (Å²) in [6.07, 6.45) is 0.266. The third-order valence-electron chi connectivity index (χ3n) is 1.07. The standard InChI is InChI=1S/C5H9BrO2/c1-4-7-3-5(2-6)8-4/h4-5H,2-3H2,1H3/t4-,5-/m0/s1. The maximum absolute atomic E-state index is 5.24. The maximum atomic E-state index is 5.24. The highest BCUT2D eigenvalue weighted by Crippen LogP contribution is 2.11. The van der Waals surface area contributed by atoms with Crippen molar-refractivity contribution >= 4 is 15.9 Å². The Bertz CT molecular complexity index is 76.8. The van der Waals surface area contributed by atoms with Crippen molar-refractivity contribution in [1.29, 1.82) is 0 Å². The second-order valence-corrected chi connectivity index (χ2v) is 2.46. The molecular weight excluding hydrogens is 172 g/mol. The molecule has 0 aromatic carbocycles. The van der Waals surface area contributed by atoms with Crippen LogP contribution < -0.4 is 0 Å².